The summed E-state index contributed by atoms with van der Waals surface area (Å²) in [4.78, 5) is 24.2. The molecule has 0 bridgehead atoms. The molecule has 0 aliphatic carbocycles. The van der Waals surface area contributed by atoms with Crippen LogP contribution in [0.25, 0.3) is 0 Å². The van der Waals surface area contributed by atoms with Crippen molar-refractivity contribution in [3.8, 4) is 11.5 Å². The number of para-hydroxylation sites is 2. The summed E-state index contributed by atoms with van der Waals surface area (Å²) in [5.74, 6) is -0.268. The Morgan fingerprint density at radius 2 is 2.04 bits per heavy atom. The highest BCUT2D eigenvalue weighted by Crippen LogP contribution is 2.31. The van der Waals surface area contributed by atoms with Crippen molar-refractivity contribution in [2.24, 2.45) is 0 Å². The fraction of sp³-hybridized carbons (Fsp3) is 0.250. The van der Waals surface area contributed by atoms with Crippen molar-refractivity contribution in [2.45, 2.75) is 18.6 Å². The monoisotopic (exact) mass is 333 g/mol. The number of ether oxygens (including phenoxy) is 2. The highest BCUT2D eigenvalue weighted by atomic mass is 32.1. The van der Waals surface area contributed by atoms with E-state index in [4.69, 9.17) is 14.6 Å². The number of rotatable bonds is 5. The summed E-state index contributed by atoms with van der Waals surface area (Å²) in [6.45, 7) is 0.0904. The molecule has 0 unspecified atom stereocenters. The van der Waals surface area contributed by atoms with E-state index in [0.717, 1.165) is 4.88 Å². The molecule has 120 valence electrons. The first-order valence-electron chi connectivity index (χ1n) is 7.07. The number of benzene rings is 1. The van der Waals surface area contributed by atoms with Crippen LogP contribution < -0.4 is 14.8 Å². The van der Waals surface area contributed by atoms with E-state index in [1.165, 1.54) is 11.3 Å². The first-order valence-corrected chi connectivity index (χ1v) is 7.95. The van der Waals surface area contributed by atoms with Gasteiger partial charge in [0.1, 0.15) is 6.61 Å². The van der Waals surface area contributed by atoms with Gasteiger partial charge in [-0.05, 0) is 23.6 Å². The van der Waals surface area contributed by atoms with Gasteiger partial charge in [-0.1, -0.05) is 18.2 Å². The van der Waals surface area contributed by atoms with Crippen molar-refractivity contribution in [1.29, 1.82) is 0 Å². The van der Waals surface area contributed by atoms with Crippen molar-refractivity contribution in [3.63, 3.8) is 0 Å². The number of thiophene rings is 1. The topological polar surface area (TPSA) is 84.9 Å². The predicted octanol–water partition coefficient (Wildman–Crippen LogP) is 2.22. The number of carboxylic acids is 1. The first-order chi connectivity index (χ1) is 11.1. The zero-order valence-corrected chi connectivity index (χ0v) is 12.9. The summed E-state index contributed by atoms with van der Waals surface area (Å²) >= 11 is 1.40. The molecule has 2 aromatic rings. The number of hydrogen-bond donors (Lipinski definition) is 2. The summed E-state index contributed by atoms with van der Waals surface area (Å²) < 4.78 is 11.1. The molecule has 3 rings (SSSR count). The number of aliphatic carboxylic acids is 1. The van der Waals surface area contributed by atoms with Crippen LogP contribution in [0.5, 0.6) is 11.5 Å². The van der Waals surface area contributed by atoms with E-state index in [2.05, 4.69) is 5.32 Å². The van der Waals surface area contributed by atoms with E-state index in [1.807, 2.05) is 17.5 Å². The molecule has 0 radical (unpaired) electrons. The normalized spacial score (nSPS) is 17.3. The quantitative estimate of drug-likeness (QED) is 0.876. The predicted molar refractivity (Wildman–Crippen MR) is 83.8 cm³/mol. The van der Waals surface area contributed by atoms with Gasteiger partial charge >= 0.3 is 5.97 Å². The van der Waals surface area contributed by atoms with Crippen molar-refractivity contribution >= 4 is 23.2 Å². The number of carbonyl (C=O) groups is 2. The van der Waals surface area contributed by atoms with Crippen LogP contribution >= 0.6 is 11.3 Å². The maximum Gasteiger partial charge on any atom is 0.305 e. The molecule has 0 spiro atoms. The van der Waals surface area contributed by atoms with Gasteiger partial charge in [0.15, 0.2) is 11.5 Å². The molecule has 1 aliphatic heterocycles. The second-order valence-corrected chi connectivity index (χ2v) is 6.02. The SMILES string of the molecule is O=C(O)C[C@H](NC(=O)[C@@H]1COc2ccccc2O1)c1cccs1. The minimum Gasteiger partial charge on any atom is -0.485 e. The van der Waals surface area contributed by atoms with Gasteiger partial charge in [0.2, 0.25) is 6.10 Å². The Hall–Kier alpha value is -2.54. The Balaban J connectivity index is 1.69. The fourth-order valence-electron chi connectivity index (χ4n) is 2.30. The molecule has 23 heavy (non-hydrogen) atoms. The second-order valence-electron chi connectivity index (χ2n) is 5.04. The van der Waals surface area contributed by atoms with E-state index in [0.29, 0.717) is 11.5 Å². The lowest BCUT2D eigenvalue weighted by Gasteiger charge is -2.27. The van der Waals surface area contributed by atoms with Crippen molar-refractivity contribution < 1.29 is 24.2 Å². The van der Waals surface area contributed by atoms with Crippen LogP contribution in [-0.2, 0) is 9.59 Å². The van der Waals surface area contributed by atoms with Gasteiger partial charge in [0.25, 0.3) is 5.91 Å². The average Bonchev–Trinajstić information content (AvgIpc) is 3.07. The molecular weight excluding hydrogens is 318 g/mol. The summed E-state index contributed by atoms with van der Waals surface area (Å²) in [7, 11) is 0. The van der Waals surface area contributed by atoms with Crippen LogP contribution in [0.3, 0.4) is 0 Å². The van der Waals surface area contributed by atoms with E-state index < -0.39 is 18.1 Å². The maximum atomic E-state index is 12.4. The van der Waals surface area contributed by atoms with Crippen LogP contribution in [0.4, 0.5) is 0 Å². The highest BCUT2D eigenvalue weighted by Gasteiger charge is 2.30. The lowest BCUT2D eigenvalue weighted by atomic mass is 10.1. The molecule has 1 amide bonds. The van der Waals surface area contributed by atoms with Crippen molar-refractivity contribution in [3.05, 3.63) is 46.7 Å². The lowest BCUT2D eigenvalue weighted by molar-refractivity contribution is -0.138. The third-order valence-corrected chi connectivity index (χ3v) is 4.37. The number of fused-ring (bicyclic) bond motifs is 1. The van der Waals surface area contributed by atoms with Gasteiger partial charge in [-0.3, -0.25) is 9.59 Å². The fourth-order valence-corrected chi connectivity index (χ4v) is 3.08. The van der Waals surface area contributed by atoms with Crippen molar-refractivity contribution in [1.82, 2.24) is 5.32 Å². The Morgan fingerprint density at radius 1 is 1.26 bits per heavy atom. The smallest absolute Gasteiger partial charge is 0.305 e. The van der Waals surface area contributed by atoms with E-state index >= 15 is 0 Å². The van der Waals surface area contributed by atoms with Gasteiger partial charge in [-0.25, -0.2) is 0 Å². The van der Waals surface area contributed by atoms with Gasteiger partial charge in [0.05, 0.1) is 12.5 Å². The second kappa shape index (κ2) is 6.70. The number of carboxylic acid groups (broad SMARTS) is 1. The molecule has 6 nitrogen and oxygen atoms in total. The Labute approximate surface area is 136 Å². The minimum atomic E-state index is -0.977. The lowest BCUT2D eigenvalue weighted by Crippen LogP contribution is -2.45. The van der Waals surface area contributed by atoms with E-state index in [1.54, 1.807) is 24.3 Å². The Morgan fingerprint density at radius 3 is 2.74 bits per heavy atom. The average molecular weight is 333 g/mol. The third kappa shape index (κ3) is 3.62. The van der Waals surface area contributed by atoms with Crippen LogP contribution in [0.2, 0.25) is 0 Å². The van der Waals surface area contributed by atoms with Crippen LogP contribution in [-0.4, -0.2) is 29.7 Å². The molecule has 1 aliphatic rings. The molecule has 0 saturated carbocycles. The molecule has 0 saturated heterocycles. The molecular formula is C16H15NO5S. The summed E-state index contributed by atoms with van der Waals surface area (Å²) in [5.41, 5.74) is 0. The number of amides is 1. The largest absolute Gasteiger partial charge is 0.485 e. The molecule has 0 fully saturated rings. The number of nitrogens with one attached hydrogen (secondary N) is 1. The van der Waals surface area contributed by atoms with Gasteiger partial charge in [-0.15, -0.1) is 11.3 Å². The summed E-state index contributed by atoms with van der Waals surface area (Å²) in [6, 6.07) is 10.1. The highest BCUT2D eigenvalue weighted by molar-refractivity contribution is 7.10. The minimum absolute atomic E-state index is 0.0904. The summed E-state index contributed by atoms with van der Waals surface area (Å²) in [6.07, 6.45) is -0.989. The van der Waals surface area contributed by atoms with Crippen molar-refractivity contribution in [2.75, 3.05) is 6.61 Å². The molecule has 1 aromatic heterocycles. The Bertz CT molecular complexity index is 700. The third-order valence-electron chi connectivity index (χ3n) is 3.38. The van der Waals surface area contributed by atoms with Gasteiger partial charge in [-0.2, -0.15) is 0 Å². The van der Waals surface area contributed by atoms with Gasteiger partial charge in [0, 0.05) is 4.88 Å². The van der Waals surface area contributed by atoms with E-state index in [9.17, 15) is 9.59 Å². The zero-order valence-electron chi connectivity index (χ0n) is 12.1. The Kier molecular flexibility index (Phi) is 4.47. The molecule has 2 N–H and O–H groups in total. The maximum absolute atomic E-state index is 12.4. The zero-order chi connectivity index (χ0) is 16.2. The number of hydrogen-bond acceptors (Lipinski definition) is 5. The first kappa shape index (κ1) is 15.4. The standard InChI is InChI=1S/C16H15NO5S/c18-15(19)8-10(14-6-3-7-23-14)17-16(20)13-9-21-11-4-1-2-5-12(11)22-13/h1-7,10,13H,8-9H2,(H,17,20)(H,18,19)/t10-,13-/m0/s1. The van der Waals surface area contributed by atoms with E-state index in [-0.39, 0.29) is 18.9 Å². The van der Waals surface area contributed by atoms with Crippen LogP contribution in [0.15, 0.2) is 41.8 Å². The van der Waals surface area contributed by atoms with Gasteiger partial charge < -0.3 is 19.9 Å². The number of carbonyl (C=O) groups excluding carboxylic acids is 1. The van der Waals surface area contributed by atoms with Crippen LogP contribution in [0, 0.1) is 0 Å². The summed E-state index contributed by atoms with van der Waals surface area (Å²) in [5, 5.41) is 13.6. The van der Waals surface area contributed by atoms with Crippen LogP contribution in [0.1, 0.15) is 17.3 Å². The molecule has 2 atom stereocenters. The molecule has 1 aromatic carbocycles. The molecule has 2 heterocycles. The molecule has 7 heteroatoms.